The van der Waals surface area contributed by atoms with Gasteiger partial charge in [-0.3, -0.25) is 4.68 Å². The summed E-state index contributed by atoms with van der Waals surface area (Å²) < 4.78 is 2.06. The Bertz CT molecular complexity index is 434. The second kappa shape index (κ2) is 5.53. The van der Waals surface area contributed by atoms with E-state index in [1.165, 1.54) is 30.6 Å². The summed E-state index contributed by atoms with van der Waals surface area (Å²) in [5.41, 5.74) is 2.77. The van der Waals surface area contributed by atoms with E-state index in [0.717, 1.165) is 25.3 Å². The molecule has 1 saturated heterocycles. The third kappa shape index (κ3) is 2.78. The maximum Gasteiger partial charge on any atom is 0.131 e. The summed E-state index contributed by atoms with van der Waals surface area (Å²) in [6, 6.07) is 0. The Morgan fingerprint density at radius 3 is 2.68 bits per heavy atom. The topological polar surface area (TPSA) is 33.1 Å². The molecule has 108 valence electrons. The zero-order valence-electron chi connectivity index (χ0n) is 13.1. The largest absolute Gasteiger partial charge is 0.351 e. The third-order valence-corrected chi connectivity index (χ3v) is 4.20. The lowest BCUT2D eigenvalue weighted by molar-refractivity contribution is 0.504. The summed E-state index contributed by atoms with van der Waals surface area (Å²) in [7, 11) is 2.07. The average molecular weight is 264 g/mol. The minimum Gasteiger partial charge on any atom is -0.351 e. The van der Waals surface area contributed by atoms with E-state index in [4.69, 9.17) is 0 Å². The maximum absolute atomic E-state index is 4.63. The molecule has 0 aromatic carbocycles. The number of aryl methyl sites for hydroxylation is 2. The van der Waals surface area contributed by atoms with E-state index in [0.29, 0.717) is 0 Å². The van der Waals surface area contributed by atoms with Crippen LogP contribution in [-0.4, -0.2) is 28.4 Å². The summed E-state index contributed by atoms with van der Waals surface area (Å²) in [6.07, 6.45) is 3.71. The molecule has 0 aliphatic carbocycles. The van der Waals surface area contributed by atoms with Crippen LogP contribution in [-0.2, 0) is 13.6 Å². The number of nitrogens with one attached hydrogen (secondary N) is 1. The van der Waals surface area contributed by atoms with E-state index >= 15 is 0 Å². The summed E-state index contributed by atoms with van der Waals surface area (Å²) in [5.74, 6) is 1.31. The molecule has 1 aromatic rings. The van der Waals surface area contributed by atoms with Gasteiger partial charge < -0.3 is 10.2 Å². The van der Waals surface area contributed by atoms with Crippen molar-refractivity contribution >= 4 is 5.82 Å². The fourth-order valence-electron chi connectivity index (χ4n) is 3.12. The first-order valence-corrected chi connectivity index (χ1v) is 7.48. The third-order valence-electron chi connectivity index (χ3n) is 4.20. The van der Waals surface area contributed by atoms with Crippen LogP contribution in [0.15, 0.2) is 0 Å². The Balaban J connectivity index is 2.28. The lowest BCUT2D eigenvalue weighted by Gasteiger charge is -2.34. The van der Waals surface area contributed by atoms with Gasteiger partial charge in [0.2, 0.25) is 0 Å². The first-order valence-electron chi connectivity index (χ1n) is 7.48. The molecule has 1 N–H and O–H groups in total. The molecule has 4 nitrogen and oxygen atoms in total. The predicted octanol–water partition coefficient (Wildman–Crippen LogP) is 2.61. The molecule has 1 aromatic heterocycles. The highest BCUT2D eigenvalue weighted by Gasteiger charge is 2.35. The summed E-state index contributed by atoms with van der Waals surface area (Å²) in [4.78, 5) is 2.54. The molecule has 1 aliphatic heterocycles. The highest BCUT2D eigenvalue weighted by atomic mass is 15.4. The van der Waals surface area contributed by atoms with Gasteiger partial charge >= 0.3 is 0 Å². The summed E-state index contributed by atoms with van der Waals surface area (Å²) in [5, 5.41) is 8.15. The van der Waals surface area contributed by atoms with Gasteiger partial charge in [0.15, 0.2) is 0 Å². The molecule has 4 heteroatoms. The Morgan fingerprint density at radius 1 is 1.37 bits per heavy atom. The van der Waals surface area contributed by atoms with Crippen molar-refractivity contribution in [3.63, 3.8) is 0 Å². The van der Waals surface area contributed by atoms with Crippen LogP contribution in [0.4, 0.5) is 5.82 Å². The van der Waals surface area contributed by atoms with Crippen LogP contribution in [0.5, 0.6) is 0 Å². The Kier molecular flexibility index (Phi) is 4.19. The van der Waals surface area contributed by atoms with Gasteiger partial charge in [0.25, 0.3) is 0 Å². The summed E-state index contributed by atoms with van der Waals surface area (Å²) >= 11 is 0. The number of rotatable bonds is 5. The second-order valence-electron chi connectivity index (χ2n) is 6.26. The lowest BCUT2D eigenvalue weighted by Crippen LogP contribution is -2.40. The van der Waals surface area contributed by atoms with Gasteiger partial charge in [0, 0.05) is 31.2 Å². The fraction of sp³-hybridized carbons (Fsp3) is 0.800. The Hall–Kier alpha value is -1.03. The average Bonchev–Trinajstić information content (AvgIpc) is 2.80. The van der Waals surface area contributed by atoms with Crippen LogP contribution >= 0.6 is 0 Å². The van der Waals surface area contributed by atoms with Gasteiger partial charge in [-0.15, -0.1) is 0 Å². The number of aromatic nitrogens is 2. The Morgan fingerprint density at radius 2 is 2.11 bits per heavy atom. The van der Waals surface area contributed by atoms with Crippen molar-refractivity contribution in [2.45, 2.75) is 59.0 Å². The van der Waals surface area contributed by atoms with Crippen molar-refractivity contribution in [2.75, 3.05) is 18.0 Å². The zero-order valence-corrected chi connectivity index (χ0v) is 13.1. The lowest BCUT2D eigenvalue weighted by atomic mass is 10.0. The van der Waals surface area contributed by atoms with Crippen LogP contribution in [0.3, 0.4) is 0 Å². The van der Waals surface area contributed by atoms with Gasteiger partial charge in [-0.1, -0.05) is 6.92 Å². The first-order chi connectivity index (χ1) is 8.97. The molecule has 0 spiro atoms. The SMILES string of the molecule is CCCNCc1c(C)nn(C)c1N1CCCC1(C)C. The smallest absolute Gasteiger partial charge is 0.131 e. The van der Waals surface area contributed by atoms with Gasteiger partial charge in [0.05, 0.1) is 5.69 Å². The predicted molar refractivity (Wildman–Crippen MR) is 80.6 cm³/mol. The normalized spacial score (nSPS) is 18.3. The van der Waals surface area contributed by atoms with E-state index in [1.807, 2.05) is 0 Å². The molecule has 0 unspecified atom stereocenters. The molecular weight excluding hydrogens is 236 g/mol. The highest BCUT2D eigenvalue weighted by Crippen LogP contribution is 2.36. The van der Waals surface area contributed by atoms with Crippen molar-refractivity contribution in [3.8, 4) is 0 Å². The number of hydrogen-bond donors (Lipinski definition) is 1. The molecule has 0 bridgehead atoms. The van der Waals surface area contributed by atoms with E-state index in [2.05, 4.69) is 54.7 Å². The van der Waals surface area contributed by atoms with Gasteiger partial charge in [0.1, 0.15) is 5.82 Å². The molecular formula is C15H28N4. The number of nitrogens with zero attached hydrogens (tertiary/aromatic N) is 3. The zero-order chi connectivity index (χ0) is 14.0. The van der Waals surface area contributed by atoms with Crippen LogP contribution in [0.2, 0.25) is 0 Å². The standard InChI is InChI=1S/C15H28N4/c1-6-9-16-11-13-12(2)17-18(5)14(13)19-10-7-8-15(19,3)4/h16H,6-11H2,1-5H3. The van der Waals surface area contributed by atoms with E-state index < -0.39 is 0 Å². The van der Waals surface area contributed by atoms with Crippen LogP contribution in [0.1, 0.15) is 51.3 Å². The monoisotopic (exact) mass is 264 g/mol. The fourth-order valence-corrected chi connectivity index (χ4v) is 3.12. The molecule has 19 heavy (non-hydrogen) atoms. The summed E-state index contributed by atoms with van der Waals surface area (Å²) in [6.45, 7) is 12.1. The van der Waals surface area contributed by atoms with Gasteiger partial charge in [-0.25, -0.2) is 0 Å². The number of anilines is 1. The molecule has 2 heterocycles. The van der Waals surface area contributed by atoms with E-state index in [1.54, 1.807) is 0 Å². The minimum absolute atomic E-state index is 0.250. The molecule has 1 fully saturated rings. The van der Waals surface area contributed by atoms with E-state index in [9.17, 15) is 0 Å². The molecule has 1 aliphatic rings. The van der Waals surface area contributed by atoms with E-state index in [-0.39, 0.29) is 5.54 Å². The van der Waals surface area contributed by atoms with Gasteiger partial charge in [-0.2, -0.15) is 5.10 Å². The second-order valence-corrected chi connectivity index (χ2v) is 6.26. The molecule has 0 atom stereocenters. The van der Waals surface area contributed by atoms with Crippen LogP contribution < -0.4 is 10.2 Å². The van der Waals surface area contributed by atoms with Crippen LogP contribution in [0, 0.1) is 6.92 Å². The Labute approximate surface area is 117 Å². The highest BCUT2D eigenvalue weighted by molar-refractivity contribution is 5.53. The molecule has 0 amide bonds. The van der Waals surface area contributed by atoms with Crippen molar-refractivity contribution < 1.29 is 0 Å². The quantitative estimate of drug-likeness (QED) is 0.830. The van der Waals surface area contributed by atoms with Crippen molar-refractivity contribution in [1.29, 1.82) is 0 Å². The molecule has 0 saturated carbocycles. The van der Waals surface area contributed by atoms with Crippen molar-refractivity contribution in [3.05, 3.63) is 11.3 Å². The van der Waals surface area contributed by atoms with Crippen molar-refractivity contribution in [1.82, 2.24) is 15.1 Å². The number of hydrogen-bond acceptors (Lipinski definition) is 3. The maximum atomic E-state index is 4.63. The van der Waals surface area contributed by atoms with Crippen LogP contribution in [0.25, 0.3) is 0 Å². The van der Waals surface area contributed by atoms with Gasteiger partial charge in [-0.05, 0) is 46.6 Å². The molecule has 0 radical (unpaired) electrons. The first kappa shape index (κ1) is 14.4. The van der Waals surface area contributed by atoms with Crippen molar-refractivity contribution in [2.24, 2.45) is 7.05 Å². The minimum atomic E-state index is 0.250. The molecule has 2 rings (SSSR count).